The van der Waals surface area contributed by atoms with E-state index in [0.29, 0.717) is 15.7 Å². The summed E-state index contributed by atoms with van der Waals surface area (Å²) < 4.78 is 0. The van der Waals surface area contributed by atoms with Crippen molar-refractivity contribution in [2.24, 2.45) is 0 Å². The largest absolute Gasteiger partial charge is 0.294 e. The van der Waals surface area contributed by atoms with Gasteiger partial charge in [0.1, 0.15) is 0 Å². The van der Waals surface area contributed by atoms with Gasteiger partial charge in [0.25, 0.3) is 0 Å². The van der Waals surface area contributed by atoms with Gasteiger partial charge in [0.2, 0.25) is 5.91 Å². The molecule has 1 amide bonds. The Morgan fingerprint density at radius 3 is 2.29 bits per heavy atom. The van der Waals surface area contributed by atoms with Gasteiger partial charge in [0.15, 0.2) is 10.9 Å². The molecule has 1 rings (SSSR count). The van der Waals surface area contributed by atoms with Gasteiger partial charge < -0.3 is 0 Å². The molecule has 4 nitrogen and oxygen atoms in total. The Morgan fingerprint density at radius 1 is 1.36 bits per heavy atom. The van der Waals surface area contributed by atoms with Gasteiger partial charge in [-0.05, 0) is 6.92 Å². The number of amides is 1. The van der Waals surface area contributed by atoms with Crippen LogP contribution < -0.4 is 4.90 Å². The number of aromatic nitrogens is 1. The van der Waals surface area contributed by atoms with Crippen LogP contribution in [0.5, 0.6) is 0 Å². The summed E-state index contributed by atoms with van der Waals surface area (Å²) >= 11 is 1.25. The van der Waals surface area contributed by atoms with Gasteiger partial charge in [-0.25, -0.2) is 4.98 Å². The summed E-state index contributed by atoms with van der Waals surface area (Å²) in [6.45, 7) is 4.73. The van der Waals surface area contributed by atoms with Crippen LogP contribution in [0.25, 0.3) is 0 Å². The van der Waals surface area contributed by atoms with E-state index in [2.05, 4.69) is 4.98 Å². The lowest BCUT2D eigenvalue weighted by Crippen LogP contribution is -2.22. The molecular weight excluding hydrogens is 200 g/mol. The van der Waals surface area contributed by atoms with Gasteiger partial charge in [-0.1, -0.05) is 11.3 Å². The van der Waals surface area contributed by atoms with Crippen molar-refractivity contribution < 1.29 is 9.59 Å². The lowest BCUT2D eigenvalue weighted by atomic mass is 10.3. The Morgan fingerprint density at radius 2 is 1.93 bits per heavy atom. The van der Waals surface area contributed by atoms with Crippen molar-refractivity contribution in [2.45, 2.75) is 20.8 Å². The lowest BCUT2D eigenvalue weighted by molar-refractivity contribution is -0.116. The lowest BCUT2D eigenvalue weighted by Gasteiger charge is -2.09. The molecule has 0 aliphatic rings. The van der Waals surface area contributed by atoms with Crippen molar-refractivity contribution in [1.82, 2.24) is 4.98 Å². The molecule has 0 aliphatic heterocycles. The van der Waals surface area contributed by atoms with E-state index in [9.17, 15) is 9.59 Å². The van der Waals surface area contributed by atoms with Crippen molar-refractivity contribution >= 4 is 28.2 Å². The maximum atomic E-state index is 11.1. The minimum Gasteiger partial charge on any atom is -0.294 e. The zero-order chi connectivity index (χ0) is 10.9. The van der Waals surface area contributed by atoms with Gasteiger partial charge in [0, 0.05) is 20.9 Å². The maximum Gasteiger partial charge on any atom is 0.225 e. The fraction of sp³-hybridized carbons (Fsp3) is 0.444. The molecular formula is C9H12N2O2S. The van der Waals surface area contributed by atoms with Crippen LogP contribution in [0.15, 0.2) is 0 Å². The average Bonchev–Trinajstić information content (AvgIpc) is 2.45. The molecule has 0 aromatic carbocycles. The van der Waals surface area contributed by atoms with Crippen molar-refractivity contribution in [2.75, 3.05) is 11.9 Å². The first kappa shape index (κ1) is 10.8. The van der Waals surface area contributed by atoms with Crippen molar-refractivity contribution in [3.8, 4) is 0 Å². The number of ketones is 1. The molecule has 76 valence electrons. The van der Waals surface area contributed by atoms with Gasteiger partial charge in [-0.15, -0.1) is 0 Å². The number of nitrogens with zero attached hydrogens (tertiary/aromatic N) is 2. The second-order valence-corrected chi connectivity index (χ2v) is 4.02. The number of hydrogen-bond donors (Lipinski definition) is 0. The SMILES string of the molecule is CC(=O)c1sc(N(C)C(C)=O)nc1C. The first-order valence-corrected chi connectivity index (χ1v) is 4.97. The molecule has 0 saturated carbocycles. The predicted molar refractivity (Wildman–Crippen MR) is 55.9 cm³/mol. The second kappa shape index (κ2) is 3.88. The standard InChI is InChI=1S/C9H12N2O2S/c1-5-8(6(2)12)14-9(10-5)11(4)7(3)13/h1-4H3. The summed E-state index contributed by atoms with van der Waals surface area (Å²) in [4.78, 5) is 28.4. The second-order valence-electron chi connectivity index (χ2n) is 3.05. The molecule has 5 heteroatoms. The van der Waals surface area contributed by atoms with E-state index in [1.54, 1.807) is 14.0 Å². The fourth-order valence-electron chi connectivity index (χ4n) is 0.987. The molecule has 1 aromatic heterocycles. The van der Waals surface area contributed by atoms with Gasteiger partial charge >= 0.3 is 0 Å². The molecule has 0 N–H and O–H groups in total. The Hall–Kier alpha value is -1.23. The average molecular weight is 212 g/mol. The van der Waals surface area contributed by atoms with E-state index >= 15 is 0 Å². The van der Waals surface area contributed by atoms with Crippen LogP contribution in [0.4, 0.5) is 5.13 Å². The molecule has 0 aliphatic carbocycles. The number of carbonyl (C=O) groups is 2. The van der Waals surface area contributed by atoms with Gasteiger partial charge in [-0.2, -0.15) is 0 Å². The first-order chi connectivity index (χ1) is 6.43. The monoisotopic (exact) mass is 212 g/mol. The van der Waals surface area contributed by atoms with Crippen LogP contribution >= 0.6 is 11.3 Å². The molecule has 0 spiro atoms. The van der Waals surface area contributed by atoms with Gasteiger partial charge in [-0.3, -0.25) is 14.5 Å². The quantitative estimate of drug-likeness (QED) is 0.700. The fourth-order valence-corrected chi connectivity index (χ4v) is 1.95. The summed E-state index contributed by atoms with van der Waals surface area (Å²) in [5.74, 6) is -0.0999. The zero-order valence-corrected chi connectivity index (χ0v) is 9.44. The Labute approximate surface area is 86.6 Å². The summed E-state index contributed by atoms with van der Waals surface area (Å²) in [6.07, 6.45) is 0. The number of Topliss-reactive ketones (excluding diaryl/α,β-unsaturated/α-hetero) is 1. The Kier molecular flexibility index (Phi) is 3.00. The molecule has 14 heavy (non-hydrogen) atoms. The highest BCUT2D eigenvalue weighted by Gasteiger charge is 2.15. The normalized spacial score (nSPS) is 10.0. The Balaban J connectivity index is 3.08. The highest BCUT2D eigenvalue weighted by atomic mass is 32.1. The number of thiazole rings is 1. The topological polar surface area (TPSA) is 50.3 Å². The molecule has 0 unspecified atom stereocenters. The van der Waals surface area contributed by atoms with Crippen LogP contribution in [0.3, 0.4) is 0 Å². The van der Waals surface area contributed by atoms with Crippen LogP contribution in [-0.2, 0) is 4.79 Å². The van der Waals surface area contributed by atoms with E-state index in [1.807, 2.05) is 0 Å². The Bertz CT molecular complexity index is 384. The van der Waals surface area contributed by atoms with E-state index < -0.39 is 0 Å². The molecule has 0 atom stereocenters. The molecule has 0 radical (unpaired) electrons. The summed E-state index contributed by atoms with van der Waals surface area (Å²) in [6, 6.07) is 0. The third-order valence-corrected chi connectivity index (χ3v) is 3.20. The first-order valence-electron chi connectivity index (χ1n) is 4.16. The minimum atomic E-state index is -0.0890. The number of rotatable bonds is 2. The van der Waals surface area contributed by atoms with E-state index in [1.165, 1.54) is 30.1 Å². The highest BCUT2D eigenvalue weighted by molar-refractivity contribution is 7.17. The molecule has 0 saturated heterocycles. The van der Waals surface area contributed by atoms with Gasteiger partial charge in [0.05, 0.1) is 10.6 Å². The summed E-state index contributed by atoms with van der Waals surface area (Å²) in [7, 11) is 1.64. The number of anilines is 1. The summed E-state index contributed by atoms with van der Waals surface area (Å²) in [5.41, 5.74) is 0.686. The van der Waals surface area contributed by atoms with Crippen molar-refractivity contribution in [1.29, 1.82) is 0 Å². The van der Waals surface area contributed by atoms with Crippen LogP contribution in [0, 0.1) is 6.92 Å². The number of aryl methyl sites for hydroxylation is 1. The molecule has 1 aromatic rings. The van der Waals surface area contributed by atoms with Crippen molar-refractivity contribution in [3.05, 3.63) is 10.6 Å². The zero-order valence-electron chi connectivity index (χ0n) is 8.62. The van der Waals surface area contributed by atoms with E-state index in [0.717, 1.165) is 0 Å². The van der Waals surface area contributed by atoms with Crippen LogP contribution in [0.1, 0.15) is 29.2 Å². The smallest absolute Gasteiger partial charge is 0.225 e. The third-order valence-electron chi connectivity index (χ3n) is 1.86. The van der Waals surface area contributed by atoms with E-state index in [-0.39, 0.29) is 11.7 Å². The minimum absolute atomic E-state index is 0.0109. The number of carbonyl (C=O) groups excluding carboxylic acids is 2. The number of hydrogen-bond acceptors (Lipinski definition) is 4. The van der Waals surface area contributed by atoms with Crippen molar-refractivity contribution in [3.63, 3.8) is 0 Å². The maximum absolute atomic E-state index is 11.1. The van der Waals surface area contributed by atoms with Crippen LogP contribution in [-0.4, -0.2) is 23.7 Å². The van der Waals surface area contributed by atoms with E-state index in [4.69, 9.17) is 0 Å². The molecule has 0 fully saturated rings. The molecule has 0 bridgehead atoms. The molecule has 1 heterocycles. The summed E-state index contributed by atoms with van der Waals surface area (Å²) in [5, 5.41) is 0.570. The predicted octanol–water partition coefficient (Wildman–Crippen LogP) is 1.64. The third kappa shape index (κ3) is 1.98. The highest BCUT2D eigenvalue weighted by Crippen LogP contribution is 2.25. The van der Waals surface area contributed by atoms with Crippen LogP contribution in [0.2, 0.25) is 0 Å².